The smallest absolute Gasteiger partial charge is 0.339 e. The molecule has 0 amide bonds. The van der Waals surface area contributed by atoms with Crippen molar-refractivity contribution in [2.24, 2.45) is 0 Å². The molecule has 1 aromatic carbocycles. The first-order valence-corrected chi connectivity index (χ1v) is 7.95. The number of hydrogen-bond donors (Lipinski definition) is 2. The summed E-state index contributed by atoms with van der Waals surface area (Å²) in [4.78, 5) is 11.2. The summed E-state index contributed by atoms with van der Waals surface area (Å²) in [6, 6.07) is 4.45. The van der Waals surface area contributed by atoms with Crippen LogP contribution in [-0.4, -0.2) is 25.7 Å². The van der Waals surface area contributed by atoms with Gasteiger partial charge in [-0.15, -0.1) is 0 Å². The van der Waals surface area contributed by atoms with Gasteiger partial charge in [0.2, 0.25) is 0 Å². The number of nitrogen functional groups attached to an aromatic ring is 1. The van der Waals surface area contributed by atoms with E-state index in [-0.39, 0.29) is 21.9 Å². The molecule has 0 saturated heterocycles. The number of sulfone groups is 1. The molecule has 0 unspecified atom stereocenters. The van der Waals surface area contributed by atoms with Gasteiger partial charge in [0.15, 0.2) is 9.84 Å². The maximum absolute atomic E-state index is 11.7. The highest BCUT2D eigenvalue weighted by Crippen LogP contribution is 2.33. The maximum Gasteiger partial charge on any atom is 0.339 e. The Hall–Kier alpha value is -2.28. The summed E-state index contributed by atoms with van der Waals surface area (Å²) < 4.78 is 28.9. The van der Waals surface area contributed by atoms with Crippen LogP contribution in [0.2, 0.25) is 0 Å². The third-order valence-electron chi connectivity index (χ3n) is 3.21. The van der Waals surface area contributed by atoms with Gasteiger partial charge in [0.1, 0.15) is 17.1 Å². The van der Waals surface area contributed by atoms with Crippen molar-refractivity contribution in [2.45, 2.75) is 18.7 Å². The second kappa shape index (κ2) is 4.92. The molecule has 6 nitrogen and oxygen atoms in total. The average Bonchev–Trinajstić information content (AvgIpc) is 2.64. The highest BCUT2D eigenvalue weighted by atomic mass is 32.2. The van der Waals surface area contributed by atoms with Crippen LogP contribution in [0.4, 0.5) is 5.69 Å². The highest BCUT2D eigenvalue weighted by molar-refractivity contribution is 7.90. The minimum atomic E-state index is -3.48. The first-order valence-electron chi connectivity index (χ1n) is 6.06. The molecule has 0 atom stereocenters. The van der Waals surface area contributed by atoms with Crippen molar-refractivity contribution >= 4 is 21.5 Å². The Morgan fingerprint density at radius 3 is 2.38 bits per heavy atom. The SMILES string of the molecule is Cc1oc(-c2ccc(N)c(S(C)(=O)=O)c2)c(C)c1C(=O)O. The zero-order chi connectivity index (χ0) is 15.9. The summed E-state index contributed by atoms with van der Waals surface area (Å²) in [6.07, 6.45) is 1.06. The molecule has 1 aromatic heterocycles. The number of carboxylic acid groups (broad SMARTS) is 1. The summed E-state index contributed by atoms with van der Waals surface area (Å²) in [6.45, 7) is 3.17. The van der Waals surface area contributed by atoms with Crippen LogP contribution in [0.15, 0.2) is 27.5 Å². The molecular formula is C14H15NO5S. The normalized spacial score (nSPS) is 11.6. The summed E-state index contributed by atoms with van der Waals surface area (Å²) >= 11 is 0. The largest absolute Gasteiger partial charge is 0.478 e. The molecular weight excluding hydrogens is 294 g/mol. The third kappa shape index (κ3) is 2.64. The van der Waals surface area contributed by atoms with Crippen LogP contribution >= 0.6 is 0 Å². The molecule has 2 aromatic rings. The average molecular weight is 309 g/mol. The van der Waals surface area contributed by atoms with E-state index in [2.05, 4.69) is 0 Å². The number of carboxylic acids is 1. The zero-order valence-electron chi connectivity index (χ0n) is 11.8. The number of carbonyl (C=O) groups is 1. The molecule has 112 valence electrons. The quantitative estimate of drug-likeness (QED) is 0.841. The van der Waals surface area contributed by atoms with Gasteiger partial charge in [-0.25, -0.2) is 13.2 Å². The molecule has 0 aliphatic carbocycles. The fraction of sp³-hybridized carbons (Fsp3) is 0.214. The number of aromatic carboxylic acids is 1. The van der Waals surface area contributed by atoms with Crippen LogP contribution < -0.4 is 5.73 Å². The molecule has 1 heterocycles. The van der Waals surface area contributed by atoms with Crippen LogP contribution in [0.3, 0.4) is 0 Å². The summed E-state index contributed by atoms with van der Waals surface area (Å²) in [7, 11) is -3.48. The lowest BCUT2D eigenvalue weighted by molar-refractivity contribution is 0.0694. The van der Waals surface area contributed by atoms with Gasteiger partial charge in [0.25, 0.3) is 0 Å². The lowest BCUT2D eigenvalue weighted by Gasteiger charge is -2.06. The number of anilines is 1. The molecule has 0 fully saturated rings. The molecule has 0 spiro atoms. The number of hydrogen-bond acceptors (Lipinski definition) is 5. The van der Waals surface area contributed by atoms with Gasteiger partial charge in [-0.3, -0.25) is 0 Å². The topological polar surface area (TPSA) is 111 Å². The van der Waals surface area contributed by atoms with Gasteiger partial charge in [0, 0.05) is 17.4 Å². The molecule has 7 heteroatoms. The number of nitrogens with two attached hydrogens (primary N) is 1. The van der Waals surface area contributed by atoms with E-state index in [9.17, 15) is 13.2 Å². The predicted octanol–water partition coefficient (Wildman–Crippen LogP) is 2.25. The lowest BCUT2D eigenvalue weighted by Crippen LogP contribution is -2.02. The van der Waals surface area contributed by atoms with E-state index in [1.165, 1.54) is 12.1 Å². The summed E-state index contributed by atoms with van der Waals surface area (Å²) in [5.74, 6) is -0.485. The first kappa shape index (κ1) is 15.1. The fourth-order valence-corrected chi connectivity index (χ4v) is 3.08. The van der Waals surface area contributed by atoms with Crippen LogP contribution in [0.1, 0.15) is 21.7 Å². The summed E-state index contributed by atoms with van der Waals surface area (Å²) in [5.41, 5.74) is 6.81. The molecule has 21 heavy (non-hydrogen) atoms. The minimum absolute atomic E-state index is 0.00896. The highest BCUT2D eigenvalue weighted by Gasteiger charge is 2.22. The Morgan fingerprint density at radius 2 is 1.90 bits per heavy atom. The third-order valence-corrected chi connectivity index (χ3v) is 4.36. The van der Waals surface area contributed by atoms with Crippen molar-refractivity contribution in [3.8, 4) is 11.3 Å². The lowest BCUT2D eigenvalue weighted by atomic mass is 10.1. The molecule has 0 aliphatic rings. The summed E-state index contributed by atoms with van der Waals surface area (Å²) in [5, 5.41) is 9.16. The second-order valence-corrected chi connectivity index (χ2v) is 6.80. The zero-order valence-corrected chi connectivity index (χ0v) is 12.6. The van der Waals surface area contributed by atoms with E-state index in [1.54, 1.807) is 19.9 Å². The Morgan fingerprint density at radius 1 is 1.29 bits per heavy atom. The van der Waals surface area contributed by atoms with Gasteiger partial charge >= 0.3 is 5.97 Å². The number of benzene rings is 1. The van der Waals surface area contributed by atoms with Crippen molar-refractivity contribution in [2.75, 3.05) is 12.0 Å². The van der Waals surface area contributed by atoms with Crippen LogP contribution in [0, 0.1) is 13.8 Å². The van der Waals surface area contributed by atoms with Crippen LogP contribution in [0.5, 0.6) is 0 Å². The number of furan rings is 1. The minimum Gasteiger partial charge on any atom is -0.478 e. The van der Waals surface area contributed by atoms with Gasteiger partial charge in [-0.2, -0.15) is 0 Å². The molecule has 0 radical (unpaired) electrons. The van der Waals surface area contributed by atoms with Gasteiger partial charge in [0.05, 0.1) is 10.6 Å². The molecule has 0 saturated carbocycles. The number of rotatable bonds is 3. The van der Waals surface area contributed by atoms with E-state index in [0.29, 0.717) is 16.9 Å². The Bertz CT molecular complexity index is 833. The van der Waals surface area contributed by atoms with Crippen LogP contribution in [0.25, 0.3) is 11.3 Å². The first-order chi connectivity index (χ1) is 9.62. The maximum atomic E-state index is 11.7. The fourth-order valence-electron chi connectivity index (χ4n) is 2.24. The standard InChI is InChI=1S/C14H15NO5S/c1-7-12(14(16)17)8(2)20-13(7)9-4-5-10(15)11(6-9)21(3,18)19/h4-6H,15H2,1-3H3,(H,16,17). The van der Waals surface area contributed by atoms with Crippen molar-refractivity contribution in [1.29, 1.82) is 0 Å². The van der Waals surface area contributed by atoms with Crippen molar-refractivity contribution < 1.29 is 22.7 Å². The predicted molar refractivity (Wildman–Crippen MR) is 78.1 cm³/mol. The monoisotopic (exact) mass is 309 g/mol. The van der Waals surface area contributed by atoms with Crippen LogP contribution in [-0.2, 0) is 9.84 Å². The van der Waals surface area contributed by atoms with Gasteiger partial charge in [-0.1, -0.05) is 0 Å². The molecule has 0 aliphatic heterocycles. The Balaban J connectivity index is 2.70. The van der Waals surface area contributed by atoms with Crippen molar-refractivity contribution in [1.82, 2.24) is 0 Å². The second-order valence-electron chi connectivity index (χ2n) is 4.82. The van der Waals surface area contributed by atoms with E-state index < -0.39 is 15.8 Å². The van der Waals surface area contributed by atoms with Crippen molar-refractivity contribution in [3.05, 3.63) is 35.1 Å². The van der Waals surface area contributed by atoms with Crippen molar-refractivity contribution in [3.63, 3.8) is 0 Å². The molecule has 3 N–H and O–H groups in total. The number of aryl methyl sites for hydroxylation is 1. The van der Waals surface area contributed by atoms with Gasteiger partial charge in [-0.05, 0) is 32.0 Å². The van der Waals surface area contributed by atoms with E-state index in [1.807, 2.05) is 0 Å². The van der Waals surface area contributed by atoms with E-state index in [4.69, 9.17) is 15.3 Å². The molecule has 2 rings (SSSR count). The van der Waals surface area contributed by atoms with E-state index in [0.717, 1.165) is 6.26 Å². The van der Waals surface area contributed by atoms with Gasteiger partial charge < -0.3 is 15.3 Å². The Labute approximate surface area is 122 Å². The Kier molecular flexibility index (Phi) is 3.54. The molecule has 0 bridgehead atoms. The van der Waals surface area contributed by atoms with E-state index >= 15 is 0 Å².